The highest BCUT2D eigenvalue weighted by Gasteiger charge is 2.01. The number of rotatable bonds is 5. The van der Waals surface area contributed by atoms with Gasteiger partial charge in [-0.1, -0.05) is 12.0 Å². The van der Waals surface area contributed by atoms with Gasteiger partial charge < -0.3 is 15.4 Å². The number of carbonyl (C=O) groups is 1. The zero-order chi connectivity index (χ0) is 15.6. The first-order chi connectivity index (χ1) is 10.8. The van der Waals surface area contributed by atoms with Gasteiger partial charge in [-0.05, 0) is 37.3 Å². The third-order valence-electron chi connectivity index (χ3n) is 2.75. The van der Waals surface area contributed by atoms with Gasteiger partial charge in [0.1, 0.15) is 12.4 Å². The minimum Gasteiger partial charge on any atom is -0.489 e. The minimum absolute atomic E-state index is 0.285. The van der Waals surface area contributed by atoms with Crippen LogP contribution in [0.1, 0.15) is 12.5 Å². The summed E-state index contributed by atoms with van der Waals surface area (Å²) < 4.78 is 5.64. The Bertz CT molecular complexity index is 658. The summed E-state index contributed by atoms with van der Waals surface area (Å²) in [7, 11) is 0. The third kappa shape index (κ3) is 5.17. The summed E-state index contributed by atoms with van der Waals surface area (Å²) in [6.45, 7) is 2.51. The lowest BCUT2D eigenvalue weighted by atomic mass is 10.3. The van der Waals surface area contributed by atoms with E-state index < -0.39 is 0 Å². The number of aromatic nitrogens is 1. The van der Waals surface area contributed by atoms with Crippen LogP contribution in [0, 0.1) is 11.8 Å². The van der Waals surface area contributed by atoms with Crippen LogP contribution in [0.25, 0.3) is 0 Å². The summed E-state index contributed by atoms with van der Waals surface area (Å²) in [4.78, 5) is 15.6. The predicted octanol–water partition coefficient (Wildman–Crippen LogP) is 2.81. The normalized spacial score (nSPS) is 9.32. The molecule has 2 aromatic rings. The van der Waals surface area contributed by atoms with Crippen molar-refractivity contribution in [3.8, 4) is 17.6 Å². The number of hydrogen-bond acceptors (Lipinski definition) is 3. The number of carbonyl (C=O) groups excluding carboxylic acids is 1. The average Bonchev–Trinajstić information content (AvgIpc) is 2.55. The van der Waals surface area contributed by atoms with Crippen molar-refractivity contribution in [1.82, 2.24) is 10.3 Å². The molecule has 0 aliphatic heterocycles. The van der Waals surface area contributed by atoms with Crippen LogP contribution >= 0.6 is 0 Å². The topological polar surface area (TPSA) is 63.2 Å². The number of nitrogens with one attached hydrogen (secondary N) is 2. The van der Waals surface area contributed by atoms with E-state index in [4.69, 9.17) is 4.74 Å². The van der Waals surface area contributed by atoms with Crippen molar-refractivity contribution >= 4 is 11.7 Å². The Morgan fingerprint density at radius 1 is 1.27 bits per heavy atom. The minimum atomic E-state index is -0.285. The van der Waals surface area contributed by atoms with Gasteiger partial charge in [-0.15, -0.1) is 5.92 Å². The molecular weight excluding hydrogens is 278 g/mol. The van der Waals surface area contributed by atoms with Crippen LogP contribution in [-0.4, -0.2) is 17.6 Å². The molecular formula is C17H17N3O2. The van der Waals surface area contributed by atoms with Crippen molar-refractivity contribution in [3.05, 3.63) is 54.4 Å². The molecule has 0 bridgehead atoms. The summed E-state index contributed by atoms with van der Waals surface area (Å²) in [5.41, 5.74) is 1.69. The van der Waals surface area contributed by atoms with E-state index in [-0.39, 0.29) is 6.03 Å². The Labute approximate surface area is 129 Å². The van der Waals surface area contributed by atoms with Gasteiger partial charge in [-0.2, -0.15) is 0 Å². The molecule has 1 aromatic heterocycles. The first-order valence-electron chi connectivity index (χ1n) is 6.84. The molecule has 112 valence electrons. The van der Waals surface area contributed by atoms with Crippen molar-refractivity contribution < 1.29 is 9.53 Å². The van der Waals surface area contributed by atoms with Crippen molar-refractivity contribution in [1.29, 1.82) is 0 Å². The monoisotopic (exact) mass is 295 g/mol. The lowest BCUT2D eigenvalue weighted by molar-refractivity contribution is 0.253. The van der Waals surface area contributed by atoms with Crippen LogP contribution < -0.4 is 15.4 Å². The number of anilines is 1. The summed E-state index contributed by atoms with van der Waals surface area (Å²) in [6, 6.07) is 10.7. The number of nitrogens with zero attached hydrogens (tertiary/aromatic N) is 1. The molecule has 0 atom stereocenters. The molecule has 2 amide bonds. The molecule has 0 aliphatic carbocycles. The maximum absolute atomic E-state index is 11.6. The third-order valence-corrected chi connectivity index (χ3v) is 2.75. The highest BCUT2D eigenvalue weighted by molar-refractivity contribution is 5.89. The number of benzene rings is 1. The summed E-state index contributed by atoms with van der Waals surface area (Å²) in [5.74, 6) is 6.20. The number of urea groups is 1. The molecule has 1 heterocycles. The molecule has 0 radical (unpaired) electrons. The smallest absolute Gasteiger partial charge is 0.319 e. The van der Waals surface area contributed by atoms with Gasteiger partial charge in [0, 0.05) is 23.6 Å². The second kappa shape index (κ2) is 8.32. The van der Waals surface area contributed by atoms with Crippen LogP contribution in [0.2, 0.25) is 0 Å². The molecule has 22 heavy (non-hydrogen) atoms. The Hall–Kier alpha value is -3.00. The Morgan fingerprint density at radius 2 is 2.09 bits per heavy atom. The molecule has 0 saturated heterocycles. The summed E-state index contributed by atoms with van der Waals surface area (Å²) in [6.07, 6.45) is 3.49. The van der Waals surface area contributed by atoms with Gasteiger partial charge in [0.15, 0.2) is 0 Å². The highest BCUT2D eigenvalue weighted by atomic mass is 16.5. The van der Waals surface area contributed by atoms with Gasteiger partial charge >= 0.3 is 6.03 Å². The second-order valence-electron chi connectivity index (χ2n) is 4.41. The van der Waals surface area contributed by atoms with Gasteiger partial charge in [-0.25, -0.2) is 4.79 Å². The average molecular weight is 295 g/mol. The van der Waals surface area contributed by atoms with E-state index in [1.54, 1.807) is 43.6 Å². The second-order valence-corrected chi connectivity index (χ2v) is 4.41. The lowest BCUT2D eigenvalue weighted by Gasteiger charge is -2.08. The molecule has 2 rings (SSSR count). The number of ether oxygens (including phenoxy) is 1. The quantitative estimate of drug-likeness (QED) is 0.834. The molecule has 1 aromatic carbocycles. The molecule has 0 aliphatic rings. The van der Waals surface area contributed by atoms with Crippen LogP contribution in [0.4, 0.5) is 10.5 Å². The fraction of sp³-hybridized carbons (Fsp3) is 0.176. The van der Waals surface area contributed by atoms with Crippen molar-refractivity contribution in [3.63, 3.8) is 0 Å². The SMILES string of the molecule is CC#CCNC(=O)Nc1ccc(OCc2cccnc2)cc1. The molecule has 0 unspecified atom stereocenters. The maximum Gasteiger partial charge on any atom is 0.319 e. The molecule has 0 spiro atoms. The van der Waals surface area contributed by atoms with E-state index in [0.717, 1.165) is 11.3 Å². The highest BCUT2D eigenvalue weighted by Crippen LogP contribution is 2.16. The standard InChI is InChI=1S/C17H17N3O2/c1-2-3-11-19-17(21)20-15-6-8-16(9-7-15)22-13-14-5-4-10-18-12-14/h4-10,12H,11,13H2,1H3,(H2,19,20,21). The first kappa shape index (κ1) is 15.4. The van der Waals surface area contributed by atoms with E-state index in [1.165, 1.54) is 0 Å². The van der Waals surface area contributed by atoms with Crippen LogP contribution in [0.15, 0.2) is 48.8 Å². The van der Waals surface area contributed by atoms with E-state index in [2.05, 4.69) is 27.5 Å². The number of amides is 2. The van der Waals surface area contributed by atoms with E-state index in [0.29, 0.717) is 18.8 Å². The first-order valence-corrected chi connectivity index (χ1v) is 6.84. The molecule has 2 N–H and O–H groups in total. The van der Waals surface area contributed by atoms with Crippen LogP contribution in [0.5, 0.6) is 5.75 Å². The van der Waals surface area contributed by atoms with E-state index >= 15 is 0 Å². The van der Waals surface area contributed by atoms with E-state index in [1.807, 2.05) is 12.1 Å². The summed E-state index contributed by atoms with van der Waals surface area (Å²) in [5, 5.41) is 5.35. The van der Waals surface area contributed by atoms with Gasteiger partial charge in [-0.3, -0.25) is 4.98 Å². The Balaban J connectivity index is 1.82. The molecule has 5 nitrogen and oxygen atoms in total. The lowest BCUT2D eigenvalue weighted by Crippen LogP contribution is -2.28. The summed E-state index contributed by atoms with van der Waals surface area (Å²) >= 11 is 0. The van der Waals surface area contributed by atoms with Gasteiger partial charge in [0.05, 0.1) is 6.54 Å². The zero-order valence-electron chi connectivity index (χ0n) is 12.3. The molecule has 5 heteroatoms. The largest absolute Gasteiger partial charge is 0.489 e. The van der Waals surface area contributed by atoms with Crippen molar-refractivity contribution in [2.45, 2.75) is 13.5 Å². The molecule has 0 fully saturated rings. The van der Waals surface area contributed by atoms with Crippen molar-refractivity contribution in [2.75, 3.05) is 11.9 Å². The van der Waals surface area contributed by atoms with Gasteiger partial charge in [0.2, 0.25) is 0 Å². The fourth-order valence-corrected chi connectivity index (χ4v) is 1.67. The predicted molar refractivity (Wildman–Crippen MR) is 85.5 cm³/mol. The molecule has 0 saturated carbocycles. The van der Waals surface area contributed by atoms with Crippen LogP contribution in [-0.2, 0) is 6.61 Å². The number of pyridine rings is 1. The Morgan fingerprint density at radius 3 is 2.77 bits per heavy atom. The number of hydrogen-bond donors (Lipinski definition) is 2. The Kier molecular flexibility index (Phi) is 5.82. The van der Waals surface area contributed by atoms with Crippen LogP contribution in [0.3, 0.4) is 0 Å². The van der Waals surface area contributed by atoms with E-state index in [9.17, 15) is 4.79 Å². The fourth-order valence-electron chi connectivity index (χ4n) is 1.67. The van der Waals surface area contributed by atoms with Crippen molar-refractivity contribution in [2.24, 2.45) is 0 Å². The van der Waals surface area contributed by atoms with Gasteiger partial charge in [0.25, 0.3) is 0 Å². The zero-order valence-corrected chi connectivity index (χ0v) is 12.3. The maximum atomic E-state index is 11.6.